The van der Waals surface area contributed by atoms with Crippen LogP contribution in [0.25, 0.3) is 0 Å². The number of hydrogen-bond donors (Lipinski definition) is 4. The number of aromatic hydroxyl groups is 1. The van der Waals surface area contributed by atoms with Crippen LogP contribution in [0.3, 0.4) is 0 Å². The van der Waals surface area contributed by atoms with Crippen LogP contribution in [-0.4, -0.2) is 36.0 Å². The fourth-order valence-electron chi connectivity index (χ4n) is 1.84. The molecule has 0 spiro atoms. The summed E-state index contributed by atoms with van der Waals surface area (Å²) in [5.41, 5.74) is 3.10. The first kappa shape index (κ1) is 19.8. The van der Waals surface area contributed by atoms with Gasteiger partial charge >= 0.3 is 0 Å². The first-order valence-electron chi connectivity index (χ1n) is 7.05. The molecular weight excluding hydrogens is 387 g/mol. The fourth-order valence-corrected chi connectivity index (χ4v) is 4.69. The minimum absolute atomic E-state index is 0.195. The average Bonchev–Trinajstić information content (AvgIpc) is 2.93. The number of aliphatic hydroxyl groups is 1. The molecular formula is C15H15FN2O6S2. The lowest BCUT2D eigenvalue weighted by atomic mass is 10.1. The summed E-state index contributed by atoms with van der Waals surface area (Å²) in [6, 6.07) is 3.30. The van der Waals surface area contributed by atoms with Gasteiger partial charge in [0.05, 0.1) is 5.56 Å². The summed E-state index contributed by atoms with van der Waals surface area (Å²) in [6.07, 6.45) is 0. The SMILES string of the molecule is CC(C)(O)C(=O)Nc1sc(S(=O)(=O)c2cc(F)ccc2O)cc1C(N)=O. The normalized spacial score (nSPS) is 12.0. The van der Waals surface area contributed by atoms with Crippen molar-refractivity contribution in [2.24, 2.45) is 5.73 Å². The van der Waals surface area contributed by atoms with Gasteiger partial charge < -0.3 is 21.3 Å². The molecule has 0 saturated heterocycles. The van der Waals surface area contributed by atoms with E-state index >= 15 is 0 Å². The predicted molar refractivity (Wildman–Crippen MR) is 91.3 cm³/mol. The van der Waals surface area contributed by atoms with Crippen LogP contribution >= 0.6 is 11.3 Å². The Morgan fingerprint density at radius 3 is 2.42 bits per heavy atom. The Morgan fingerprint density at radius 1 is 1.27 bits per heavy atom. The highest BCUT2D eigenvalue weighted by molar-refractivity contribution is 7.93. The van der Waals surface area contributed by atoms with Crippen molar-refractivity contribution in [1.82, 2.24) is 0 Å². The van der Waals surface area contributed by atoms with Crippen molar-refractivity contribution in [2.75, 3.05) is 5.32 Å². The Bertz CT molecular complexity index is 992. The third-order valence-electron chi connectivity index (χ3n) is 3.23. The molecule has 1 aromatic carbocycles. The molecule has 11 heteroatoms. The van der Waals surface area contributed by atoms with E-state index in [0.717, 1.165) is 18.2 Å². The number of phenols is 1. The number of sulfone groups is 1. The Morgan fingerprint density at radius 2 is 1.88 bits per heavy atom. The lowest BCUT2D eigenvalue weighted by Gasteiger charge is -2.16. The molecule has 2 aromatic rings. The summed E-state index contributed by atoms with van der Waals surface area (Å²) >= 11 is 0.483. The van der Waals surface area contributed by atoms with E-state index < -0.39 is 47.9 Å². The van der Waals surface area contributed by atoms with Crippen LogP contribution in [0.2, 0.25) is 0 Å². The summed E-state index contributed by atoms with van der Waals surface area (Å²) in [7, 11) is -4.39. The van der Waals surface area contributed by atoms with Crippen molar-refractivity contribution >= 4 is 38.0 Å². The molecule has 2 amide bonds. The van der Waals surface area contributed by atoms with E-state index in [4.69, 9.17) is 5.73 Å². The highest BCUT2D eigenvalue weighted by atomic mass is 32.2. The van der Waals surface area contributed by atoms with Crippen LogP contribution in [0.5, 0.6) is 5.75 Å². The molecule has 0 saturated carbocycles. The molecule has 0 atom stereocenters. The Kier molecular flexibility index (Phi) is 5.08. The second-order valence-corrected chi connectivity index (χ2v) is 9.00. The molecule has 0 aliphatic carbocycles. The maximum absolute atomic E-state index is 13.4. The number of halogens is 1. The highest BCUT2D eigenvalue weighted by Gasteiger charge is 2.30. The smallest absolute Gasteiger partial charge is 0.256 e. The van der Waals surface area contributed by atoms with Gasteiger partial charge in [0.1, 0.15) is 31.3 Å². The zero-order chi connectivity index (χ0) is 19.9. The Labute approximate surface area is 152 Å². The van der Waals surface area contributed by atoms with Gasteiger partial charge in [0.2, 0.25) is 9.84 Å². The molecule has 1 heterocycles. The number of thiophene rings is 1. The molecule has 0 bridgehead atoms. The zero-order valence-electron chi connectivity index (χ0n) is 13.6. The van der Waals surface area contributed by atoms with Crippen LogP contribution in [-0.2, 0) is 14.6 Å². The number of rotatable bonds is 5. The van der Waals surface area contributed by atoms with Gasteiger partial charge in [-0.1, -0.05) is 0 Å². The molecule has 140 valence electrons. The number of phenolic OH excluding ortho intramolecular Hbond substituents is 1. The van der Waals surface area contributed by atoms with Crippen LogP contribution in [0.4, 0.5) is 9.39 Å². The maximum Gasteiger partial charge on any atom is 0.256 e. The number of hydrogen-bond acceptors (Lipinski definition) is 7. The molecule has 5 N–H and O–H groups in total. The minimum Gasteiger partial charge on any atom is -0.507 e. The summed E-state index contributed by atoms with van der Waals surface area (Å²) in [5, 5.41) is 21.4. The third-order valence-corrected chi connectivity index (χ3v) is 6.54. The molecule has 0 unspecified atom stereocenters. The van der Waals surface area contributed by atoms with Gasteiger partial charge in [0.25, 0.3) is 11.8 Å². The van der Waals surface area contributed by atoms with Crippen molar-refractivity contribution < 1.29 is 32.6 Å². The molecule has 0 fully saturated rings. The predicted octanol–water partition coefficient (Wildman–Crippen LogP) is 1.23. The van der Waals surface area contributed by atoms with E-state index in [9.17, 15) is 32.6 Å². The van der Waals surface area contributed by atoms with E-state index in [0.29, 0.717) is 17.4 Å². The van der Waals surface area contributed by atoms with Gasteiger partial charge in [-0.15, -0.1) is 11.3 Å². The van der Waals surface area contributed by atoms with Crippen LogP contribution < -0.4 is 11.1 Å². The van der Waals surface area contributed by atoms with Crippen LogP contribution in [0.15, 0.2) is 33.4 Å². The zero-order valence-corrected chi connectivity index (χ0v) is 15.2. The van der Waals surface area contributed by atoms with Gasteiger partial charge in [0, 0.05) is 0 Å². The monoisotopic (exact) mass is 402 g/mol. The molecule has 0 aliphatic heterocycles. The molecule has 1 aromatic heterocycles. The summed E-state index contributed by atoms with van der Waals surface area (Å²) in [6.45, 7) is 2.39. The fraction of sp³-hybridized carbons (Fsp3) is 0.200. The van der Waals surface area contributed by atoms with Crippen molar-refractivity contribution in [1.29, 1.82) is 0 Å². The second kappa shape index (κ2) is 6.67. The van der Waals surface area contributed by atoms with Gasteiger partial charge in [0.15, 0.2) is 0 Å². The van der Waals surface area contributed by atoms with E-state index in [1.165, 1.54) is 13.8 Å². The number of primary amides is 1. The van der Waals surface area contributed by atoms with E-state index in [-0.39, 0.29) is 10.6 Å². The van der Waals surface area contributed by atoms with Crippen LogP contribution in [0.1, 0.15) is 24.2 Å². The highest BCUT2D eigenvalue weighted by Crippen LogP contribution is 2.37. The minimum atomic E-state index is -4.39. The quantitative estimate of drug-likeness (QED) is 0.591. The number of nitrogens with one attached hydrogen (secondary N) is 1. The van der Waals surface area contributed by atoms with E-state index in [1.807, 2.05) is 0 Å². The van der Waals surface area contributed by atoms with Gasteiger partial charge in [-0.05, 0) is 38.1 Å². The standard InChI is InChI=1S/C15H15FN2O6S2/c1-15(2,22)14(21)18-13-8(12(17)20)6-11(25-13)26(23,24)10-5-7(16)3-4-9(10)19/h3-6,19,22H,1-2H3,(H2,17,20)(H,18,21). The largest absolute Gasteiger partial charge is 0.507 e. The number of benzene rings is 1. The second-order valence-electron chi connectivity index (χ2n) is 5.80. The summed E-state index contributed by atoms with van der Waals surface area (Å²) < 4.78 is 38.2. The molecule has 8 nitrogen and oxygen atoms in total. The number of anilines is 1. The van der Waals surface area contributed by atoms with Crippen LogP contribution in [0, 0.1) is 5.82 Å². The summed E-state index contributed by atoms with van der Waals surface area (Å²) in [5.74, 6) is -3.47. The van der Waals surface area contributed by atoms with Gasteiger partial charge in [-0.2, -0.15) is 0 Å². The van der Waals surface area contributed by atoms with Crippen molar-refractivity contribution in [3.8, 4) is 5.75 Å². The lowest BCUT2D eigenvalue weighted by Crippen LogP contribution is -2.36. The maximum atomic E-state index is 13.4. The molecule has 2 rings (SSSR count). The Hall–Kier alpha value is -2.50. The summed E-state index contributed by atoms with van der Waals surface area (Å²) in [4.78, 5) is 22.8. The number of carbonyl (C=O) groups excluding carboxylic acids is 2. The van der Waals surface area contributed by atoms with Crippen molar-refractivity contribution in [3.05, 3.63) is 35.6 Å². The van der Waals surface area contributed by atoms with E-state index in [1.54, 1.807) is 0 Å². The third kappa shape index (κ3) is 3.84. The van der Waals surface area contributed by atoms with Crippen molar-refractivity contribution in [2.45, 2.75) is 28.6 Å². The Balaban J connectivity index is 2.57. The number of amides is 2. The average molecular weight is 402 g/mol. The first-order chi connectivity index (χ1) is 11.8. The topological polar surface area (TPSA) is 147 Å². The first-order valence-corrected chi connectivity index (χ1v) is 9.35. The van der Waals surface area contributed by atoms with E-state index in [2.05, 4.69) is 5.32 Å². The lowest BCUT2D eigenvalue weighted by molar-refractivity contribution is -0.130. The molecule has 26 heavy (non-hydrogen) atoms. The van der Waals surface area contributed by atoms with Crippen molar-refractivity contribution in [3.63, 3.8) is 0 Å². The van der Waals surface area contributed by atoms with Gasteiger partial charge in [-0.25, -0.2) is 12.8 Å². The van der Waals surface area contributed by atoms with Gasteiger partial charge in [-0.3, -0.25) is 9.59 Å². The molecule has 0 aliphatic rings. The molecule has 0 radical (unpaired) electrons. The number of nitrogens with two attached hydrogens (primary N) is 1. The number of carbonyl (C=O) groups is 2.